The van der Waals surface area contributed by atoms with E-state index in [1.165, 1.54) is 0 Å². The fraction of sp³-hybridized carbons (Fsp3) is 0.500. The quantitative estimate of drug-likeness (QED) is 0.823. The van der Waals surface area contributed by atoms with Crippen LogP contribution in [0, 0.1) is 0 Å². The molecule has 0 fully saturated rings. The van der Waals surface area contributed by atoms with Crippen LogP contribution < -0.4 is 9.88 Å². The van der Waals surface area contributed by atoms with Gasteiger partial charge in [0.15, 0.2) is 12.4 Å². The molecule has 0 saturated heterocycles. The molecular weight excluding hydrogens is 245 g/mol. The van der Waals surface area contributed by atoms with Crippen LogP contribution in [0.25, 0.3) is 0 Å². The summed E-state index contributed by atoms with van der Waals surface area (Å²) in [6, 6.07) is 3.01. The summed E-state index contributed by atoms with van der Waals surface area (Å²) < 4.78 is 37.5. The summed E-state index contributed by atoms with van der Waals surface area (Å²) in [7, 11) is 0. The zero-order valence-electron chi connectivity index (χ0n) is 10.3. The Bertz CT molecular complexity index is 401. The maximum atomic E-state index is 12.0. The number of nitrogens with zero attached hydrogens (tertiary/aromatic N) is 1. The van der Waals surface area contributed by atoms with Crippen LogP contribution in [-0.4, -0.2) is 18.6 Å². The Hall–Kier alpha value is -1.59. The Morgan fingerprint density at radius 1 is 1.39 bits per heavy atom. The topological polar surface area (TPSA) is 33.0 Å². The van der Waals surface area contributed by atoms with Crippen molar-refractivity contribution in [2.45, 2.75) is 32.5 Å². The van der Waals surface area contributed by atoms with Crippen molar-refractivity contribution in [1.29, 1.82) is 0 Å². The number of carbonyl (C=O) groups excluding carboxylic acids is 1. The maximum absolute atomic E-state index is 12.0. The van der Waals surface area contributed by atoms with Crippen molar-refractivity contribution in [3.63, 3.8) is 0 Å². The first-order valence-electron chi connectivity index (χ1n) is 5.67. The number of rotatable bonds is 4. The van der Waals surface area contributed by atoms with Crippen molar-refractivity contribution in [3.05, 3.63) is 30.1 Å². The molecule has 0 spiro atoms. The Morgan fingerprint density at radius 2 is 1.94 bits per heavy atom. The van der Waals surface area contributed by atoms with Crippen molar-refractivity contribution in [2.75, 3.05) is 6.54 Å². The second-order valence-corrected chi connectivity index (χ2v) is 4.02. The number of aromatic nitrogens is 1. The largest absolute Gasteiger partial charge is 0.405 e. The summed E-state index contributed by atoms with van der Waals surface area (Å²) in [5, 5.41) is 1.86. The molecule has 0 aliphatic rings. The molecule has 0 bridgehead atoms. The number of nitrogens with one attached hydrogen (secondary N) is 1. The molecule has 1 aromatic heterocycles. The smallest absolute Gasteiger partial charge is 0.341 e. The standard InChI is InChI=1S/C12H15F3N2O/c1-3-10-4-6-17(7-5-10)9(2)11(18)16-8-12(13,14)15/h4-7,9H,3,8H2,1-2H3/p+1/t9-/m0/s1. The lowest BCUT2D eigenvalue weighted by molar-refractivity contribution is -0.706. The van der Waals surface area contributed by atoms with Crippen molar-refractivity contribution in [3.8, 4) is 0 Å². The van der Waals surface area contributed by atoms with Crippen molar-refractivity contribution >= 4 is 5.91 Å². The minimum Gasteiger partial charge on any atom is -0.341 e. The van der Waals surface area contributed by atoms with Gasteiger partial charge in [-0.2, -0.15) is 17.7 Å². The van der Waals surface area contributed by atoms with Crippen LogP contribution in [0.4, 0.5) is 13.2 Å². The molecule has 6 heteroatoms. The van der Waals surface area contributed by atoms with Crippen LogP contribution in [-0.2, 0) is 11.2 Å². The van der Waals surface area contributed by atoms with Crippen LogP contribution in [0.15, 0.2) is 24.5 Å². The molecule has 0 aromatic carbocycles. The second-order valence-electron chi connectivity index (χ2n) is 4.02. The van der Waals surface area contributed by atoms with E-state index < -0.39 is 24.7 Å². The number of hydrogen-bond acceptors (Lipinski definition) is 1. The van der Waals surface area contributed by atoms with Crippen LogP contribution in [0.3, 0.4) is 0 Å². The van der Waals surface area contributed by atoms with E-state index in [9.17, 15) is 18.0 Å². The predicted molar refractivity (Wildman–Crippen MR) is 59.8 cm³/mol. The lowest BCUT2D eigenvalue weighted by atomic mass is 10.2. The van der Waals surface area contributed by atoms with E-state index in [4.69, 9.17) is 0 Å². The fourth-order valence-corrected chi connectivity index (χ4v) is 1.43. The predicted octanol–water partition coefficient (Wildman–Crippen LogP) is 1.78. The number of halogens is 3. The summed E-state index contributed by atoms with van der Waals surface area (Å²) in [5.74, 6) is -0.651. The van der Waals surface area contributed by atoms with Crippen LogP contribution in [0.2, 0.25) is 0 Å². The normalized spacial score (nSPS) is 13.2. The molecule has 1 heterocycles. The number of carbonyl (C=O) groups is 1. The van der Waals surface area contributed by atoms with E-state index in [0.717, 1.165) is 12.0 Å². The Kier molecular flexibility index (Phi) is 4.69. The van der Waals surface area contributed by atoms with Gasteiger partial charge in [0.25, 0.3) is 5.91 Å². The van der Waals surface area contributed by atoms with Crippen molar-refractivity contribution in [2.24, 2.45) is 0 Å². The van der Waals surface area contributed by atoms with Gasteiger partial charge in [0.1, 0.15) is 6.54 Å². The van der Waals surface area contributed by atoms with Gasteiger partial charge in [-0.1, -0.05) is 6.92 Å². The lowest BCUT2D eigenvalue weighted by Crippen LogP contribution is -2.48. The van der Waals surface area contributed by atoms with Crippen LogP contribution in [0.5, 0.6) is 0 Å². The second kappa shape index (κ2) is 5.84. The van der Waals surface area contributed by atoms with Crippen LogP contribution >= 0.6 is 0 Å². The molecule has 0 aliphatic heterocycles. The van der Waals surface area contributed by atoms with Crippen molar-refractivity contribution in [1.82, 2.24) is 5.32 Å². The third kappa shape index (κ3) is 4.35. The molecule has 0 aliphatic carbocycles. The molecule has 1 N–H and O–H groups in total. The SMILES string of the molecule is CCc1cc[n+]([C@@H](C)C(=O)NCC(F)(F)F)cc1. The molecule has 0 saturated carbocycles. The lowest BCUT2D eigenvalue weighted by Gasteiger charge is -2.10. The van der Waals surface area contributed by atoms with Gasteiger partial charge in [-0.15, -0.1) is 0 Å². The van der Waals surface area contributed by atoms with Gasteiger partial charge < -0.3 is 5.32 Å². The number of hydrogen-bond donors (Lipinski definition) is 1. The zero-order valence-corrected chi connectivity index (χ0v) is 10.3. The van der Waals surface area contributed by atoms with Gasteiger partial charge in [0.05, 0.1) is 0 Å². The molecule has 0 radical (unpaired) electrons. The Labute approximate surface area is 104 Å². The van der Waals surface area contributed by atoms with E-state index in [0.29, 0.717) is 0 Å². The molecule has 1 rings (SSSR count). The summed E-state index contributed by atoms with van der Waals surface area (Å²) in [4.78, 5) is 11.5. The number of aryl methyl sites for hydroxylation is 1. The number of pyridine rings is 1. The average Bonchev–Trinajstić information content (AvgIpc) is 2.34. The molecule has 0 unspecified atom stereocenters. The fourth-order valence-electron chi connectivity index (χ4n) is 1.43. The Morgan fingerprint density at radius 3 is 2.39 bits per heavy atom. The minimum atomic E-state index is -4.38. The van der Waals surface area contributed by atoms with Gasteiger partial charge in [-0.25, -0.2) is 0 Å². The maximum Gasteiger partial charge on any atom is 0.405 e. The first-order chi connectivity index (χ1) is 8.33. The van der Waals surface area contributed by atoms with E-state index in [-0.39, 0.29) is 0 Å². The Balaban J connectivity index is 2.62. The molecule has 18 heavy (non-hydrogen) atoms. The molecule has 1 atom stereocenters. The molecule has 3 nitrogen and oxygen atoms in total. The summed E-state index contributed by atoms with van der Waals surface area (Å²) in [6.07, 6.45) is -0.130. The molecule has 1 amide bonds. The minimum absolute atomic E-state index is 0.651. The summed E-state index contributed by atoms with van der Waals surface area (Å²) in [6.45, 7) is 2.25. The summed E-state index contributed by atoms with van der Waals surface area (Å²) in [5.41, 5.74) is 1.11. The summed E-state index contributed by atoms with van der Waals surface area (Å²) >= 11 is 0. The third-order valence-electron chi connectivity index (χ3n) is 2.62. The first-order valence-corrected chi connectivity index (χ1v) is 5.67. The zero-order chi connectivity index (χ0) is 13.8. The van der Waals surface area contributed by atoms with E-state index in [1.807, 2.05) is 24.4 Å². The van der Waals surface area contributed by atoms with Crippen LogP contribution in [0.1, 0.15) is 25.5 Å². The molecule has 100 valence electrons. The van der Waals surface area contributed by atoms with Gasteiger partial charge >= 0.3 is 6.18 Å². The van der Waals surface area contributed by atoms with Crippen molar-refractivity contribution < 1.29 is 22.5 Å². The highest BCUT2D eigenvalue weighted by atomic mass is 19.4. The highest BCUT2D eigenvalue weighted by Crippen LogP contribution is 2.12. The van der Waals surface area contributed by atoms with Gasteiger partial charge in [-0.3, -0.25) is 4.79 Å². The third-order valence-corrected chi connectivity index (χ3v) is 2.62. The highest BCUT2D eigenvalue weighted by molar-refractivity contribution is 5.78. The first kappa shape index (κ1) is 14.5. The highest BCUT2D eigenvalue weighted by Gasteiger charge is 2.30. The van der Waals surface area contributed by atoms with E-state index >= 15 is 0 Å². The molecular formula is C12H16F3N2O+. The molecule has 1 aromatic rings. The number of alkyl halides is 3. The van der Waals surface area contributed by atoms with E-state index in [1.54, 1.807) is 23.9 Å². The average molecular weight is 261 g/mol. The van der Waals surface area contributed by atoms with E-state index in [2.05, 4.69) is 0 Å². The number of amides is 1. The van der Waals surface area contributed by atoms with Gasteiger partial charge in [-0.05, 0) is 12.0 Å². The van der Waals surface area contributed by atoms with Gasteiger partial charge in [0, 0.05) is 19.1 Å². The monoisotopic (exact) mass is 261 g/mol. The van der Waals surface area contributed by atoms with Gasteiger partial charge in [0.2, 0.25) is 6.04 Å².